The normalized spacial score (nSPS) is 11.0. The van der Waals surface area contributed by atoms with E-state index in [0.29, 0.717) is 5.88 Å². The smallest absolute Gasteiger partial charge is 0.0722 e. The van der Waals surface area contributed by atoms with Gasteiger partial charge in [-0.15, -0.1) is 11.6 Å². The van der Waals surface area contributed by atoms with Crippen molar-refractivity contribution >= 4 is 17.7 Å². The number of alkyl halides is 1. The molecule has 1 N–H and O–H groups in total. The number of H-pyrrole nitrogens is 1. The molecule has 0 aliphatic carbocycles. The maximum Gasteiger partial charge on any atom is 0.0722 e. The van der Waals surface area contributed by atoms with Crippen LogP contribution < -0.4 is 0 Å². The fourth-order valence-corrected chi connectivity index (χ4v) is 1.52. The molecule has 0 aliphatic rings. The molecule has 2 nitrogen and oxygen atoms in total. The van der Waals surface area contributed by atoms with Crippen LogP contribution in [0.4, 0.5) is 0 Å². The van der Waals surface area contributed by atoms with E-state index in [1.807, 2.05) is 42.5 Å². The maximum absolute atomic E-state index is 5.60. The minimum absolute atomic E-state index is 0.513. The van der Waals surface area contributed by atoms with E-state index in [1.54, 1.807) is 6.20 Å². The molecular weight excluding hydrogens is 208 g/mol. The Hall–Kier alpha value is -1.54. The molecule has 0 unspecified atom stereocenters. The Bertz CT molecular complexity index is 446. The lowest BCUT2D eigenvalue weighted by Crippen LogP contribution is -1.80. The predicted molar refractivity (Wildman–Crippen MR) is 63.8 cm³/mol. The van der Waals surface area contributed by atoms with E-state index in [1.165, 1.54) is 0 Å². The summed E-state index contributed by atoms with van der Waals surface area (Å²) in [6.45, 7) is 0. The molecule has 1 aromatic carbocycles. The Morgan fingerprint density at radius 1 is 1.27 bits per heavy atom. The summed E-state index contributed by atoms with van der Waals surface area (Å²) >= 11 is 5.60. The zero-order chi connectivity index (χ0) is 10.5. The molecule has 0 saturated carbocycles. The van der Waals surface area contributed by atoms with Crippen LogP contribution in [0.2, 0.25) is 0 Å². The molecule has 15 heavy (non-hydrogen) atoms. The van der Waals surface area contributed by atoms with Gasteiger partial charge < -0.3 is 0 Å². The topological polar surface area (TPSA) is 28.7 Å². The summed E-state index contributed by atoms with van der Waals surface area (Å²) in [5, 5.41) is 7.02. The molecule has 3 heteroatoms. The minimum Gasteiger partial charge on any atom is -0.277 e. The highest BCUT2D eigenvalue weighted by molar-refractivity contribution is 6.19. The average Bonchev–Trinajstić information content (AvgIpc) is 2.75. The van der Waals surface area contributed by atoms with E-state index < -0.39 is 0 Å². The van der Waals surface area contributed by atoms with Gasteiger partial charge in [0.2, 0.25) is 0 Å². The molecule has 0 spiro atoms. The Morgan fingerprint density at radius 3 is 2.80 bits per heavy atom. The fraction of sp³-hybridized carbons (Fsp3) is 0.0833. The van der Waals surface area contributed by atoms with E-state index >= 15 is 0 Å². The van der Waals surface area contributed by atoms with Gasteiger partial charge in [-0.25, -0.2) is 0 Å². The molecule has 0 bridgehead atoms. The lowest BCUT2D eigenvalue weighted by Gasteiger charge is -1.98. The SMILES string of the molecule is ClCC=Cc1cn[nH]c1-c1ccccc1. The van der Waals surface area contributed by atoms with E-state index in [-0.39, 0.29) is 0 Å². The molecule has 2 aromatic rings. The fourth-order valence-electron chi connectivity index (χ4n) is 1.43. The number of aromatic nitrogens is 2. The summed E-state index contributed by atoms with van der Waals surface area (Å²) < 4.78 is 0. The van der Waals surface area contributed by atoms with Crippen molar-refractivity contribution in [2.45, 2.75) is 0 Å². The van der Waals surface area contributed by atoms with Crippen molar-refractivity contribution in [3.05, 3.63) is 48.2 Å². The van der Waals surface area contributed by atoms with Gasteiger partial charge in [-0.1, -0.05) is 42.5 Å². The lowest BCUT2D eigenvalue weighted by atomic mass is 10.1. The van der Waals surface area contributed by atoms with Crippen molar-refractivity contribution in [2.24, 2.45) is 0 Å². The zero-order valence-corrected chi connectivity index (χ0v) is 8.91. The second kappa shape index (κ2) is 4.80. The molecule has 0 aliphatic heterocycles. The molecule has 0 amide bonds. The van der Waals surface area contributed by atoms with Crippen LogP contribution in [0.25, 0.3) is 17.3 Å². The van der Waals surface area contributed by atoms with Gasteiger partial charge in [0, 0.05) is 17.0 Å². The number of rotatable bonds is 3. The molecule has 0 atom stereocenters. The van der Waals surface area contributed by atoms with Crippen molar-refractivity contribution in [2.75, 3.05) is 5.88 Å². The largest absolute Gasteiger partial charge is 0.277 e. The first kappa shape index (κ1) is 9.99. The Balaban J connectivity index is 2.37. The van der Waals surface area contributed by atoms with Crippen LogP contribution in [0.5, 0.6) is 0 Å². The zero-order valence-electron chi connectivity index (χ0n) is 8.15. The van der Waals surface area contributed by atoms with Crippen LogP contribution in [0.1, 0.15) is 5.56 Å². The highest BCUT2D eigenvalue weighted by atomic mass is 35.5. The summed E-state index contributed by atoms with van der Waals surface area (Å²) in [4.78, 5) is 0. The first-order valence-corrected chi connectivity index (χ1v) is 5.26. The minimum atomic E-state index is 0.513. The van der Waals surface area contributed by atoms with Crippen molar-refractivity contribution in [1.82, 2.24) is 10.2 Å². The first-order valence-electron chi connectivity index (χ1n) is 4.73. The van der Waals surface area contributed by atoms with Crippen LogP contribution in [0.3, 0.4) is 0 Å². The molecule has 0 saturated heterocycles. The monoisotopic (exact) mass is 218 g/mol. The summed E-state index contributed by atoms with van der Waals surface area (Å²) in [6, 6.07) is 10.1. The Labute approximate surface area is 93.6 Å². The highest BCUT2D eigenvalue weighted by Crippen LogP contribution is 2.21. The number of benzene rings is 1. The molecular formula is C12H11ClN2. The Kier molecular flexibility index (Phi) is 3.20. The highest BCUT2D eigenvalue weighted by Gasteiger charge is 2.03. The van der Waals surface area contributed by atoms with Crippen LogP contribution in [-0.2, 0) is 0 Å². The second-order valence-corrected chi connectivity index (χ2v) is 3.43. The standard InChI is InChI=1S/C12H11ClN2/c13-8-4-7-11-9-14-15-12(11)10-5-2-1-3-6-10/h1-7,9H,8H2,(H,14,15). The van der Waals surface area contributed by atoms with Crippen molar-refractivity contribution in [3.8, 4) is 11.3 Å². The third-order valence-electron chi connectivity index (χ3n) is 2.12. The van der Waals surface area contributed by atoms with E-state index in [2.05, 4.69) is 10.2 Å². The molecule has 1 heterocycles. The predicted octanol–water partition coefficient (Wildman–Crippen LogP) is 3.33. The number of allylic oxidation sites excluding steroid dienone is 1. The molecule has 76 valence electrons. The van der Waals surface area contributed by atoms with E-state index in [9.17, 15) is 0 Å². The van der Waals surface area contributed by atoms with Crippen molar-refractivity contribution < 1.29 is 0 Å². The molecule has 2 rings (SSSR count). The van der Waals surface area contributed by atoms with Crippen LogP contribution in [0, 0.1) is 0 Å². The third kappa shape index (κ3) is 2.28. The lowest BCUT2D eigenvalue weighted by molar-refractivity contribution is 1.10. The molecule has 0 radical (unpaired) electrons. The third-order valence-corrected chi connectivity index (χ3v) is 2.30. The van der Waals surface area contributed by atoms with Crippen molar-refractivity contribution in [3.63, 3.8) is 0 Å². The maximum atomic E-state index is 5.60. The van der Waals surface area contributed by atoms with Gasteiger partial charge >= 0.3 is 0 Å². The Morgan fingerprint density at radius 2 is 2.07 bits per heavy atom. The van der Waals surface area contributed by atoms with Crippen molar-refractivity contribution in [1.29, 1.82) is 0 Å². The van der Waals surface area contributed by atoms with Gasteiger partial charge in [-0.2, -0.15) is 5.10 Å². The van der Waals surface area contributed by atoms with E-state index in [4.69, 9.17) is 11.6 Å². The second-order valence-electron chi connectivity index (χ2n) is 3.12. The number of nitrogens with zero attached hydrogens (tertiary/aromatic N) is 1. The number of halogens is 1. The van der Waals surface area contributed by atoms with Gasteiger partial charge in [-0.05, 0) is 0 Å². The number of hydrogen-bond donors (Lipinski definition) is 1. The summed E-state index contributed by atoms with van der Waals surface area (Å²) in [5.74, 6) is 0.513. The van der Waals surface area contributed by atoms with Gasteiger partial charge in [0.25, 0.3) is 0 Å². The molecule has 1 aromatic heterocycles. The van der Waals surface area contributed by atoms with E-state index in [0.717, 1.165) is 16.8 Å². The first-order chi connectivity index (χ1) is 7.42. The molecule has 0 fully saturated rings. The summed E-state index contributed by atoms with van der Waals surface area (Å²) in [6.07, 6.45) is 5.67. The average molecular weight is 219 g/mol. The number of hydrogen-bond acceptors (Lipinski definition) is 1. The summed E-state index contributed by atoms with van der Waals surface area (Å²) in [5.41, 5.74) is 3.21. The summed E-state index contributed by atoms with van der Waals surface area (Å²) in [7, 11) is 0. The van der Waals surface area contributed by atoms with Crippen LogP contribution >= 0.6 is 11.6 Å². The van der Waals surface area contributed by atoms with Gasteiger partial charge in [0.1, 0.15) is 0 Å². The van der Waals surface area contributed by atoms with Crippen LogP contribution in [-0.4, -0.2) is 16.1 Å². The van der Waals surface area contributed by atoms with Gasteiger partial charge in [0.15, 0.2) is 0 Å². The van der Waals surface area contributed by atoms with Crippen LogP contribution in [0.15, 0.2) is 42.6 Å². The van der Waals surface area contributed by atoms with Gasteiger partial charge in [0.05, 0.1) is 11.9 Å². The number of aromatic amines is 1. The van der Waals surface area contributed by atoms with Gasteiger partial charge in [-0.3, -0.25) is 5.10 Å². The number of nitrogens with one attached hydrogen (secondary N) is 1. The quantitative estimate of drug-likeness (QED) is 0.787.